The fraction of sp³-hybridized carbons (Fsp3) is 0.462. The van der Waals surface area contributed by atoms with Crippen LogP contribution in [0.25, 0.3) is 0 Å². The highest BCUT2D eigenvalue weighted by molar-refractivity contribution is 7.80. The lowest BCUT2D eigenvalue weighted by Gasteiger charge is -2.39. The van der Waals surface area contributed by atoms with Crippen molar-refractivity contribution in [3.63, 3.8) is 0 Å². The number of benzene rings is 1. The molecule has 2 atom stereocenters. The van der Waals surface area contributed by atoms with E-state index in [1.807, 2.05) is 18.2 Å². The number of nitrogens with zero attached hydrogens (tertiary/aromatic N) is 1. The number of hydrogen-bond donors (Lipinski definition) is 1. The average molecular weight is 250 g/mol. The van der Waals surface area contributed by atoms with Gasteiger partial charge in [0.25, 0.3) is 0 Å². The molecule has 92 valence electrons. The first-order valence-electron chi connectivity index (χ1n) is 5.86. The maximum absolute atomic E-state index is 5.77. The number of hydrogen-bond acceptors (Lipinski definition) is 3. The lowest BCUT2D eigenvalue weighted by molar-refractivity contribution is 0.0344. The van der Waals surface area contributed by atoms with E-state index in [0.29, 0.717) is 11.0 Å². The first-order valence-corrected chi connectivity index (χ1v) is 6.27. The van der Waals surface area contributed by atoms with Gasteiger partial charge in [-0.3, -0.25) is 0 Å². The lowest BCUT2D eigenvalue weighted by atomic mass is 10.1. The Kier molecular flexibility index (Phi) is 3.64. The molecular weight excluding hydrogens is 232 g/mol. The minimum Gasteiger partial charge on any atom is -0.389 e. The van der Waals surface area contributed by atoms with Gasteiger partial charge in [0.05, 0.1) is 12.7 Å². The molecule has 0 aliphatic carbocycles. The van der Waals surface area contributed by atoms with Gasteiger partial charge in [0, 0.05) is 23.8 Å². The number of morpholine rings is 1. The van der Waals surface area contributed by atoms with Crippen LogP contribution in [-0.4, -0.2) is 30.3 Å². The number of thiocarbonyl (C=S) groups is 1. The van der Waals surface area contributed by atoms with Crippen molar-refractivity contribution in [2.24, 2.45) is 5.73 Å². The quantitative estimate of drug-likeness (QED) is 0.814. The van der Waals surface area contributed by atoms with E-state index in [2.05, 4.69) is 24.8 Å². The largest absolute Gasteiger partial charge is 0.389 e. The number of anilines is 1. The summed E-state index contributed by atoms with van der Waals surface area (Å²) < 4.78 is 5.64. The molecule has 2 unspecified atom stereocenters. The van der Waals surface area contributed by atoms with Gasteiger partial charge >= 0.3 is 0 Å². The van der Waals surface area contributed by atoms with Crippen molar-refractivity contribution in [3.8, 4) is 0 Å². The Morgan fingerprint density at radius 3 is 2.82 bits per heavy atom. The zero-order valence-corrected chi connectivity index (χ0v) is 11.0. The summed E-state index contributed by atoms with van der Waals surface area (Å²) >= 11 is 5.11. The highest BCUT2D eigenvalue weighted by atomic mass is 32.1. The van der Waals surface area contributed by atoms with Crippen LogP contribution in [0, 0.1) is 0 Å². The molecular formula is C13H18N2OS. The van der Waals surface area contributed by atoms with Gasteiger partial charge in [-0.05, 0) is 26.0 Å². The Morgan fingerprint density at radius 2 is 2.12 bits per heavy atom. The van der Waals surface area contributed by atoms with Crippen LogP contribution in [0.1, 0.15) is 19.4 Å². The topological polar surface area (TPSA) is 38.5 Å². The van der Waals surface area contributed by atoms with Gasteiger partial charge in [0.15, 0.2) is 0 Å². The zero-order chi connectivity index (χ0) is 12.4. The Balaban J connectivity index is 2.35. The molecule has 0 aromatic heterocycles. The molecule has 1 fully saturated rings. The summed E-state index contributed by atoms with van der Waals surface area (Å²) in [6.07, 6.45) is 0.241. The van der Waals surface area contributed by atoms with Crippen molar-refractivity contribution in [2.45, 2.75) is 26.0 Å². The third-order valence-corrected chi connectivity index (χ3v) is 3.31. The van der Waals surface area contributed by atoms with Crippen LogP contribution < -0.4 is 10.6 Å². The molecule has 0 radical (unpaired) electrons. The SMILES string of the molecule is CC1CN(c2ccccc2C(N)=S)C(C)CO1. The normalized spacial score (nSPS) is 24.7. The maximum atomic E-state index is 5.77. The smallest absolute Gasteiger partial charge is 0.106 e. The predicted molar refractivity (Wildman–Crippen MR) is 74.6 cm³/mol. The van der Waals surface area contributed by atoms with Crippen LogP contribution in [0.5, 0.6) is 0 Å². The second kappa shape index (κ2) is 5.02. The number of nitrogens with two attached hydrogens (primary N) is 1. The minimum atomic E-state index is 0.241. The minimum absolute atomic E-state index is 0.241. The van der Waals surface area contributed by atoms with E-state index in [1.54, 1.807) is 0 Å². The fourth-order valence-electron chi connectivity index (χ4n) is 2.17. The van der Waals surface area contributed by atoms with Crippen LogP contribution in [0.2, 0.25) is 0 Å². The first-order chi connectivity index (χ1) is 8.09. The van der Waals surface area contributed by atoms with Gasteiger partial charge in [-0.1, -0.05) is 24.4 Å². The third kappa shape index (κ3) is 2.58. The zero-order valence-electron chi connectivity index (χ0n) is 10.2. The van der Waals surface area contributed by atoms with E-state index >= 15 is 0 Å². The summed E-state index contributed by atoms with van der Waals surface area (Å²) in [5.74, 6) is 0. The molecule has 1 aromatic carbocycles. The highest BCUT2D eigenvalue weighted by Crippen LogP contribution is 2.25. The average Bonchev–Trinajstić information content (AvgIpc) is 2.32. The second-order valence-electron chi connectivity index (χ2n) is 4.53. The molecule has 17 heavy (non-hydrogen) atoms. The molecule has 2 N–H and O–H groups in total. The fourth-order valence-corrected chi connectivity index (χ4v) is 2.34. The molecule has 3 nitrogen and oxygen atoms in total. The molecule has 1 aromatic rings. The molecule has 1 heterocycles. The maximum Gasteiger partial charge on any atom is 0.106 e. The molecule has 0 spiro atoms. The third-order valence-electron chi connectivity index (χ3n) is 3.09. The van der Waals surface area contributed by atoms with Crippen molar-refractivity contribution >= 4 is 22.9 Å². The van der Waals surface area contributed by atoms with Crippen molar-refractivity contribution in [2.75, 3.05) is 18.1 Å². The molecule has 1 saturated heterocycles. The highest BCUT2D eigenvalue weighted by Gasteiger charge is 2.25. The van der Waals surface area contributed by atoms with Gasteiger partial charge in [0.2, 0.25) is 0 Å². The summed E-state index contributed by atoms with van der Waals surface area (Å²) in [6, 6.07) is 8.38. The standard InChI is InChI=1S/C13H18N2OS/c1-9-8-16-10(2)7-15(9)12-6-4-3-5-11(12)13(14)17/h3-6,9-10H,7-8H2,1-2H3,(H2,14,17). The Hall–Kier alpha value is -1.13. The number of ether oxygens (including phenoxy) is 1. The molecule has 1 aliphatic heterocycles. The van der Waals surface area contributed by atoms with Crippen LogP contribution in [0.3, 0.4) is 0 Å². The van der Waals surface area contributed by atoms with E-state index in [4.69, 9.17) is 22.7 Å². The van der Waals surface area contributed by atoms with Crippen LogP contribution in [0.15, 0.2) is 24.3 Å². The Bertz CT molecular complexity index is 422. The second-order valence-corrected chi connectivity index (χ2v) is 4.97. The molecule has 4 heteroatoms. The molecule has 0 bridgehead atoms. The summed E-state index contributed by atoms with van der Waals surface area (Å²) in [5, 5.41) is 0. The predicted octanol–water partition coefficient (Wildman–Crippen LogP) is 1.93. The first kappa shape index (κ1) is 12.3. The molecule has 2 rings (SSSR count). The monoisotopic (exact) mass is 250 g/mol. The molecule has 1 aliphatic rings. The van der Waals surface area contributed by atoms with Gasteiger partial charge in [0.1, 0.15) is 4.99 Å². The number of rotatable bonds is 2. The Labute approximate surface area is 108 Å². The van der Waals surface area contributed by atoms with Crippen molar-refractivity contribution in [1.82, 2.24) is 0 Å². The molecule has 0 saturated carbocycles. The lowest BCUT2D eigenvalue weighted by Crippen LogP contribution is -2.48. The van der Waals surface area contributed by atoms with Crippen LogP contribution in [0.4, 0.5) is 5.69 Å². The Morgan fingerprint density at radius 1 is 1.41 bits per heavy atom. The number of para-hydroxylation sites is 1. The summed E-state index contributed by atoms with van der Waals surface area (Å²) in [6.45, 7) is 5.86. The van der Waals surface area contributed by atoms with E-state index in [0.717, 1.165) is 24.4 Å². The van der Waals surface area contributed by atoms with Crippen LogP contribution in [-0.2, 0) is 4.74 Å². The van der Waals surface area contributed by atoms with Gasteiger partial charge in [-0.25, -0.2) is 0 Å². The van der Waals surface area contributed by atoms with E-state index in [1.165, 1.54) is 0 Å². The summed E-state index contributed by atoms with van der Waals surface area (Å²) in [7, 11) is 0. The van der Waals surface area contributed by atoms with E-state index in [9.17, 15) is 0 Å². The van der Waals surface area contributed by atoms with Gasteiger partial charge in [-0.2, -0.15) is 0 Å². The summed E-state index contributed by atoms with van der Waals surface area (Å²) in [4.78, 5) is 2.77. The van der Waals surface area contributed by atoms with Crippen LogP contribution >= 0.6 is 12.2 Å². The van der Waals surface area contributed by atoms with E-state index in [-0.39, 0.29) is 6.10 Å². The molecule has 0 amide bonds. The van der Waals surface area contributed by atoms with Crippen molar-refractivity contribution in [1.29, 1.82) is 0 Å². The van der Waals surface area contributed by atoms with Gasteiger partial charge in [-0.15, -0.1) is 0 Å². The van der Waals surface area contributed by atoms with Crippen molar-refractivity contribution in [3.05, 3.63) is 29.8 Å². The van der Waals surface area contributed by atoms with Crippen molar-refractivity contribution < 1.29 is 4.74 Å². The van der Waals surface area contributed by atoms with Gasteiger partial charge < -0.3 is 15.4 Å². The van der Waals surface area contributed by atoms with E-state index < -0.39 is 0 Å². The summed E-state index contributed by atoms with van der Waals surface area (Å²) in [5.41, 5.74) is 7.84.